The molecular formula is C16H17N3O3. The molecule has 114 valence electrons. The highest BCUT2D eigenvalue weighted by molar-refractivity contribution is 6.01. The third-order valence-electron chi connectivity index (χ3n) is 2.95. The van der Waals surface area contributed by atoms with E-state index < -0.39 is 0 Å². The van der Waals surface area contributed by atoms with Crippen LogP contribution >= 0.6 is 0 Å². The zero-order chi connectivity index (χ0) is 15.9. The van der Waals surface area contributed by atoms with Gasteiger partial charge >= 0.3 is 0 Å². The fourth-order valence-corrected chi connectivity index (χ4v) is 1.81. The second-order valence-corrected chi connectivity index (χ2v) is 4.65. The highest BCUT2D eigenvalue weighted by atomic mass is 16.3. The highest BCUT2D eigenvalue weighted by Crippen LogP contribution is 2.22. The number of hydrazone groups is 1. The predicted molar refractivity (Wildman–Crippen MR) is 85.1 cm³/mol. The van der Waals surface area contributed by atoms with Crippen LogP contribution in [0.4, 0.5) is 5.69 Å². The molecule has 0 saturated heterocycles. The molecule has 0 aliphatic carbocycles. The van der Waals surface area contributed by atoms with Gasteiger partial charge in [0.2, 0.25) is 0 Å². The standard InChI is InChI=1S/C16H17N3O3/c1-11(14-8-7-13(20)9-15(14)21)18-19-16(22)10-17-12-5-3-2-4-6-12/h2-9,17,20-21H,10H2,1H3,(H,19,22)/b18-11-. The predicted octanol–water partition coefficient (Wildman–Crippen LogP) is 2.05. The van der Waals surface area contributed by atoms with Crippen LogP contribution in [0.1, 0.15) is 12.5 Å². The summed E-state index contributed by atoms with van der Waals surface area (Å²) in [5.74, 6) is -0.440. The molecule has 6 heteroatoms. The summed E-state index contributed by atoms with van der Waals surface area (Å²) < 4.78 is 0. The van der Waals surface area contributed by atoms with Crippen molar-refractivity contribution < 1.29 is 15.0 Å². The Balaban J connectivity index is 1.91. The monoisotopic (exact) mass is 299 g/mol. The Bertz CT molecular complexity index is 684. The fraction of sp³-hybridized carbons (Fsp3) is 0.125. The first kappa shape index (κ1) is 15.4. The van der Waals surface area contributed by atoms with Gasteiger partial charge in [0.15, 0.2) is 0 Å². The lowest BCUT2D eigenvalue weighted by Gasteiger charge is -2.07. The van der Waals surface area contributed by atoms with E-state index in [1.54, 1.807) is 6.92 Å². The topological polar surface area (TPSA) is 94.0 Å². The molecule has 0 fully saturated rings. The number of rotatable bonds is 5. The summed E-state index contributed by atoms with van der Waals surface area (Å²) in [4.78, 5) is 11.7. The summed E-state index contributed by atoms with van der Waals surface area (Å²) in [7, 11) is 0. The first-order valence-electron chi connectivity index (χ1n) is 6.70. The molecule has 2 aromatic rings. The normalized spacial score (nSPS) is 11.0. The molecule has 0 aromatic heterocycles. The number of phenols is 2. The van der Waals surface area contributed by atoms with Gasteiger partial charge in [-0.3, -0.25) is 4.79 Å². The van der Waals surface area contributed by atoms with E-state index in [9.17, 15) is 15.0 Å². The number of phenolic OH excluding ortho intramolecular Hbond substituents is 2. The second-order valence-electron chi connectivity index (χ2n) is 4.65. The summed E-state index contributed by atoms with van der Waals surface area (Å²) in [6, 6.07) is 13.5. The smallest absolute Gasteiger partial charge is 0.259 e. The van der Waals surface area contributed by atoms with E-state index in [4.69, 9.17) is 0 Å². The summed E-state index contributed by atoms with van der Waals surface area (Å²) in [5.41, 5.74) is 4.12. The van der Waals surface area contributed by atoms with E-state index in [1.165, 1.54) is 18.2 Å². The largest absolute Gasteiger partial charge is 0.508 e. The Labute approximate surface area is 128 Å². The number of hydrogen-bond acceptors (Lipinski definition) is 5. The summed E-state index contributed by atoms with van der Waals surface area (Å²) >= 11 is 0. The average Bonchev–Trinajstić information content (AvgIpc) is 2.51. The van der Waals surface area contributed by atoms with Crippen molar-refractivity contribution >= 4 is 17.3 Å². The minimum absolute atomic E-state index is 0.0369. The van der Waals surface area contributed by atoms with Crippen LogP contribution in [0.15, 0.2) is 53.6 Å². The van der Waals surface area contributed by atoms with Gasteiger partial charge in [-0.05, 0) is 31.2 Å². The number of para-hydroxylation sites is 1. The van der Waals surface area contributed by atoms with Crippen molar-refractivity contribution in [3.8, 4) is 11.5 Å². The first-order chi connectivity index (χ1) is 10.6. The molecule has 0 bridgehead atoms. The van der Waals surface area contributed by atoms with Gasteiger partial charge in [0, 0.05) is 17.3 Å². The Hall–Kier alpha value is -3.02. The Morgan fingerprint density at radius 2 is 1.86 bits per heavy atom. The van der Waals surface area contributed by atoms with Crippen LogP contribution in [-0.2, 0) is 4.79 Å². The van der Waals surface area contributed by atoms with Gasteiger partial charge in [-0.25, -0.2) is 5.43 Å². The maximum absolute atomic E-state index is 11.7. The van der Waals surface area contributed by atoms with Crippen LogP contribution in [0.3, 0.4) is 0 Å². The molecule has 2 rings (SSSR count). The number of amides is 1. The minimum Gasteiger partial charge on any atom is -0.508 e. The van der Waals surface area contributed by atoms with E-state index in [2.05, 4.69) is 15.8 Å². The maximum Gasteiger partial charge on any atom is 0.259 e. The van der Waals surface area contributed by atoms with Crippen molar-refractivity contribution in [1.29, 1.82) is 0 Å². The lowest BCUT2D eigenvalue weighted by molar-refractivity contribution is -0.119. The van der Waals surface area contributed by atoms with Crippen LogP contribution < -0.4 is 10.7 Å². The molecule has 0 aliphatic rings. The van der Waals surface area contributed by atoms with Crippen molar-refractivity contribution in [2.24, 2.45) is 5.10 Å². The molecule has 0 aliphatic heterocycles. The summed E-state index contributed by atoms with van der Waals surface area (Å²) in [6.45, 7) is 1.74. The molecule has 22 heavy (non-hydrogen) atoms. The third-order valence-corrected chi connectivity index (χ3v) is 2.95. The van der Waals surface area contributed by atoms with Gasteiger partial charge in [-0.2, -0.15) is 5.10 Å². The van der Waals surface area contributed by atoms with Gasteiger partial charge in [0.25, 0.3) is 5.91 Å². The zero-order valence-electron chi connectivity index (χ0n) is 12.1. The van der Waals surface area contributed by atoms with Gasteiger partial charge < -0.3 is 15.5 Å². The van der Waals surface area contributed by atoms with Crippen LogP contribution in [0.25, 0.3) is 0 Å². The van der Waals surface area contributed by atoms with Gasteiger partial charge in [-0.15, -0.1) is 0 Å². The minimum atomic E-state index is -0.304. The van der Waals surface area contributed by atoms with E-state index >= 15 is 0 Å². The lowest BCUT2D eigenvalue weighted by Crippen LogP contribution is -2.26. The van der Waals surface area contributed by atoms with Crippen molar-refractivity contribution in [2.45, 2.75) is 6.92 Å². The SMILES string of the molecule is C/C(=N/NC(=O)CNc1ccccc1)c1ccc(O)cc1O. The number of carbonyl (C=O) groups excluding carboxylic acids is 1. The Morgan fingerprint density at radius 3 is 2.55 bits per heavy atom. The first-order valence-corrected chi connectivity index (χ1v) is 6.70. The maximum atomic E-state index is 11.7. The molecule has 6 nitrogen and oxygen atoms in total. The molecule has 0 heterocycles. The number of benzene rings is 2. The van der Waals surface area contributed by atoms with Crippen molar-refractivity contribution in [2.75, 3.05) is 11.9 Å². The van der Waals surface area contributed by atoms with E-state index in [1.807, 2.05) is 30.3 Å². The lowest BCUT2D eigenvalue weighted by atomic mass is 10.1. The van der Waals surface area contributed by atoms with Crippen molar-refractivity contribution in [1.82, 2.24) is 5.43 Å². The summed E-state index contributed by atoms with van der Waals surface area (Å²) in [5, 5.41) is 25.8. The molecule has 1 amide bonds. The third kappa shape index (κ3) is 4.24. The quantitative estimate of drug-likeness (QED) is 0.502. The molecule has 0 radical (unpaired) electrons. The van der Waals surface area contributed by atoms with Gasteiger partial charge in [-0.1, -0.05) is 18.2 Å². The number of aromatic hydroxyl groups is 2. The van der Waals surface area contributed by atoms with Crippen molar-refractivity contribution in [3.05, 3.63) is 54.1 Å². The molecule has 0 unspecified atom stereocenters. The van der Waals surface area contributed by atoms with E-state index in [-0.39, 0.29) is 24.0 Å². The number of hydrogen-bond donors (Lipinski definition) is 4. The van der Waals surface area contributed by atoms with Gasteiger partial charge in [0.1, 0.15) is 11.5 Å². The van der Waals surface area contributed by atoms with Crippen LogP contribution in [0, 0.1) is 0 Å². The fourth-order valence-electron chi connectivity index (χ4n) is 1.81. The average molecular weight is 299 g/mol. The molecular weight excluding hydrogens is 282 g/mol. The molecule has 0 spiro atoms. The Kier molecular flexibility index (Phi) is 4.98. The molecule has 0 saturated carbocycles. The molecule has 4 N–H and O–H groups in total. The number of anilines is 1. The molecule has 0 atom stereocenters. The zero-order valence-corrected chi connectivity index (χ0v) is 12.1. The molecule has 2 aromatic carbocycles. The van der Waals surface area contributed by atoms with Crippen LogP contribution in [0.2, 0.25) is 0 Å². The number of carbonyl (C=O) groups is 1. The second kappa shape index (κ2) is 7.12. The van der Waals surface area contributed by atoms with Gasteiger partial charge in [0.05, 0.1) is 12.3 Å². The van der Waals surface area contributed by atoms with E-state index in [0.29, 0.717) is 11.3 Å². The van der Waals surface area contributed by atoms with Crippen molar-refractivity contribution in [3.63, 3.8) is 0 Å². The Morgan fingerprint density at radius 1 is 1.14 bits per heavy atom. The number of nitrogens with zero attached hydrogens (tertiary/aromatic N) is 1. The summed E-state index contributed by atoms with van der Waals surface area (Å²) in [6.07, 6.45) is 0. The van der Waals surface area contributed by atoms with Crippen LogP contribution in [-0.4, -0.2) is 28.4 Å². The van der Waals surface area contributed by atoms with E-state index in [0.717, 1.165) is 5.69 Å². The highest BCUT2D eigenvalue weighted by Gasteiger charge is 2.06. The number of nitrogens with one attached hydrogen (secondary N) is 2. The van der Waals surface area contributed by atoms with Crippen LogP contribution in [0.5, 0.6) is 11.5 Å².